The third-order valence-corrected chi connectivity index (χ3v) is 5.63. The van der Waals surface area contributed by atoms with E-state index in [1.807, 2.05) is 6.07 Å². The molecule has 2 aromatic rings. The van der Waals surface area contributed by atoms with Crippen LogP contribution >= 0.6 is 12.2 Å². The number of nitrogens with one attached hydrogen (secondary N) is 1. The SMILES string of the molecule is O=C1NC(=S)N(c2ccc(Oc3ccccc3)cc2)C(=O)/C1=C\[C@@H](O)C[C@@H](OS(=O)(=O)[O-])[C@H](O)CO. The van der Waals surface area contributed by atoms with Crippen LogP contribution in [0.1, 0.15) is 6.42 Å². The van der Waals surface area contributed by atoms with Gasteiger partial charge in [-0.2, -0.15) is 0 Å². The summed E-state index contributed by atoms with van der Waals surface area (Å²) in [5.74, 6) is -0.755. The Morgan fingerprint density at radius 3 is 2.25 bits per heavy atom. The molecule has 1 aliphatic rings. The lowest BCUT2D eigenvalue weighted by Crippen LogP contribution is -2.54. The quantitative estimate of drug-likeness (QED) is 0.106. The van der Waals surface area contributed by atoms with E-state index in [0.717, 1.165) is 11.0 Å². The van der Waals surface area contributed by atoms with Gasteiger partial charge in [0.05, 0.1) is 18.4 Å². The van der Waals surface area contributed by atoms with Gasteiger partial charge in [0.1, 0.15) is 29.3 Å². The van der Waals surface area contributed by atoms with E-state index in [0.29, 0.717) is 11.5 Å². The van der Waals surface area contributed by atoms with Crippen LogP contribution in [-0.2, 0) is 24.2 Å². The van der Waals surface area contributed by atoms with Crippen molar-refractivity contribution in [3.63, 3.8) is 0 Å². The maximum absolute atomic E-state index is 13.1. The van der Waals surface area contributed by atoms with Gasteiger partial charge in [-0.05, 0) is 54.7 Å². The van der Waals surface area contributed by atoms with E-state index in [1.165, 1.54) is 12.1 Å². The number of hydrogen-bond acceptors (Lipinski definition) is 11. The van der Waals surface area contributed by atoms with Crippen LogP contribution < -0.4 is 15.0 Å². The molecule has 0 bridgehead atoms. The highest BCUT2D eigenvalue weighted by atomic mass is 32.3. The molecule has 0 aliphatic carbocycles. The topological polar surface area (TPSA) is 186 Å². The first kappa shape index (κ1) is 27.3. The molecule has 1 fully saturated rings. The minimum atomic E-state index is -5.29. The molecule has 3 rings (SSSR count). The van der Waals surface area contributed by atoms with Crippen LogP contribution in [0.25, 0.3) is 0 Å². The van der Waals surface area contributed by atoms with Crippen LogP contribution in [0.5, 0.6) is 11.5 Å². The van der Waals surface area contributed by atoms with Crippen molar-refractivity contribution in [3.8, 4) is 11.5 Å². The smallest absolute Gasteiger partial charge is 0.269 e. The number of carbonyl (C=O) groups is 2. The van der Waals surface area contributed by atoms with Crippen LogP contribution in [0.2, 0.25) is 0 Å². The van der Waals surface area contributed by atoms with Gasteiger partial charge in [0.2, 0.25) is 10.4 Å². The number of rotatable bonds is 10. The van der Waals surface area contributed by atoms with Gasteiger partial charge in [0.15, 0.2) is 5.11 Å². The monoisotopic (exact) mass is 537 g/mol. The van der Waals surface area contributed by atoms with Gasteiger partial charge in [0, 0.05) is 6.42 Å². The molecule has 192 valence electrons. The van der Waals surface area contributed by atoms with Crippen molar-refractivity contribution in [2.45, 2.75) is 24.7 Å². The number of carbonyl (C=O) groups excluding carboxylic acids is 2. The third-order valence-electron chi connectivity index (χ3n) is 4.87. The van der Waals surface area contributed by atoms with Crippen LogP contribution in [-0.4, -0.2) is 70.1 Å². The van der Waals surface area contributed by atoms with Crippen molar-refractivity contribution in [1.29, 1.82) is 0 Å². The van der Waals surface area contributed by atoms with Crippen molar-refractivity contribution < 1.29 is 46.8 Å². The number of amides is 2. The first-order valence-electron chi connectivity index (χ1n) is 10.3. The van der Waals surface area contributed by atoms with Crippen LogP contribution in [0.3, 0.4) is 0 Å². The first-order chi connectivity index (χ1) is 17.0. The predicted octanol–water partition coefficient (Wildman–Crippen LogP) is 0.103. The predicted molar refractivity (Wildman–Crippen MR) is 128 cm³/mol. The Kier molecular flexibility index (Phi) is 8.86. The number of para-hydroxylation sites is 1. The number of hydrogen-bond donors (Lipinski definition) is 4. The molecule has 0 saturated carbocycles. The van der Waals surface area contributed by atoms with E-state index in [9.17, 15) is 32.8 Å². The van der Waals surface area contributed by atoms with Gasteiger partial charge < -0.3 is 24.6 Å². The van der Waals surface area contributed by atoms with Crippen LogP contribution in [0, 0.1) is 0 Å². The summed E-state index contributed by atoms with van der Waals surface area (Å²) in [5, 5.41) is 31.1. The fourth-order valence-electron chi connectivity index (χ4n) is 3.23. The molecule has 2 amide bonds. The van der Waals surface area contributed by atoms with Gasteiger partial charge >= 0.3 is 0 Å². The highest BCUT2D eigenvalue weighted by Gasteiger charge is 2.35. The fourth-order valence-corrected chi connectivity index (χ4v) is 4.02. The summed E-state index contributed by atoms with van der Waals surface area (Å²) in [6, 6.07) is 15.2. The summed E-state index contributed by atoms with van der Waals surface area (Å²) in [4.78, 5) is 26.4. The molecule has 1 aliphatic heterocycles. The van der Waals surface area contributed by atoms with E-state index >= 15 is 0 Å². The summed E-state index contributed by atoms with van der Waals surface area (Å²) in [5.41, 5.74) is -0.261. The van der Waals surface area contributed by atoms with Crippen molar-refractivity contribution >= 4 is 45.2 Å². The zero-order valence-corrected chi connectivity index (χ0v) is 20.0. The van der Waals surface area contributed by atoms with Crippen molar-refractivity contribution in [1.82, 2.24) is 5.32 Å². The van der Waals surface area contributed by atoms with E-state index in [4.69, 9.17) is 22.1 Å². The Hall–Kier alpha value is -3.24. The van der Waals surface area contributed by atoms with Gasteiger partial charge in [-0.3, -0.25) is 24.0 Å². The number of thiocarbonyl (C=S) groups is 1. The molecule has 0 radical (unpaired) electrons. The maximum Gasteiger partial charge on any atom is 0.269 e. The molecule has 0 unspecified atom stereocenters. The first-order valence-corrected chi connectivity index (χ1v) is 12.1. The van der Waals surface area contributed by atoms with Gasteiger partial charge in [-0.25, -0.2) is 8.42 Å². The van der Waals surface area contributed by atoms with E-state index in [1.54, 1.807) is 36.4 Å². The summed E-state index contributed by atoms with van der Waals surface area (Å²) in [6.07, 6.45) is -5.32. The van der Waals surface area contributed by atoms with Crippen molar-refractivity contribution in [2.24, 2.45) is 0 Å². The molecule has 1 heterocycles. The molecule has 2 aromatic carbocycles. The highest BCUT2D eigenvalue weighted by molar-refractivity contribution is 7.81. The fraction of sp³-hybridized carbons (Fsp3) is 0.227. The average Bonchev–Trinajstić information content (AvgIpc) is 2.81. The molecular formula is C22H21N2O10S2-. The number of nitrogens with zero attached hydrogens (tertiary/aromatic N) is 1. The lowest BCUT2D eigenvalue weighted by atomic mass is 10.0. The zero-order chi connectivity index (χ0) is 26.5. The number of ether oxygens (including phenoxy) is 1. The molecule has 36 heavy (non-hydrogen) atoms. The Labute approximate surface area is 211 Å². The Morgan fingerprint density at radius 2 is 1.67 bits per heavy atom. The molecule has 12 nitrogen and oxygen atoms in total. The van der Waals surface area contributed by atoms with E-state index in [-0.39, 0.29) is 10.8 Å². The highest BCUT2D eigenvalue weighted by Crippen LogP contribution is 2.27. The maximum atomic E-state index is 13.1. The normalized spacial score (nSPS) is 18.1. The minimum absolute atomic E-state index is 0.220. The third kappa shape index (κ3) is 7.14. The zero-order valence-electron chi connectivity index (χ0n) is 18.4. The van der Waals surface area contributed by atoms with Gasteiger partial charge in [-0.15, -0.1) is 0 Å². The lowest BCUT2D eigenvalue weighted by molar-refractivity contribution is -0.122. The average molecular weight is 538 g/mol. The standard InChI is InChI=1S/C22H22N2O10S2/c25-12-18(27)19(34-36(30,31)32)11-14(26)10-17-20(28)23-22(35)24(21(17)29)13-6-8-16(9-7-13)33-15-4-2-1-3-5-15/h1-10,14,18-19,25-27H,11-12H2,(H,23,28,35)(H,30,31,32)/p-1/b17-10-/t14-,18-,19-/m1/s1. The number of aliphatic hydroxyl groups excluding tert-OH is 3. The van der Waals surface area contributed by atoms with E-state index in [2.05, 4.69) is 9.50 Å². The molecule has 1 saturated heterocycles. The molecular weight excluding hydrogens is 516 g/mol. The molecule has 0 aromatic heterocycles. The summed E-state index contributed by atoms with van der Waals surface area (Å²) in [7, 11) is -5.29. The van der Waals surface area contributed by atoms with Crippen molar-refractivity contribution in [2.75, 3.05) is 11.5 Å². The van der Waals surface area contributed by atoms with Gasteiger partial charge in [0.25, 0.3) is 11.8 Å². The Balaban J connectivity index is 1.79. The van der Waals surface area contributed by atoms with Crippen molar-refractivity contribution in [3.05, 3.63) is 66.2 Å². The largest absolute Gasteiger partial charge is 0.726 e. The molecule has 4 N–H and O–H groups in total. The summed E-state index contributed by atoms with van der Waals surface area (Å²) in [6.45, 7) is -0.977. The molecule has 0 spiro atoms. The second kappa shape index (κ2) is 11.7. The number of anilines is 1. The van der Waals surface area contributed by atoms with Crippen LogP contribution in [0.15, 0.2) is 66.2 Å². The second-order valence-electron chi connectivity index (χ2n) is 7.49. The Bertz CT molecular complexity index is 1250. The Morgan fingerprint density at radius 1 is 1.06 bits per heavy atom. The lowest BCUT2D eigenvalue weighted by Gasteiger charge is -2.29. The minimum Gasteiger partial charge on any atom is -0.726 e. The summed E-state index contributed by atoms with van der Waals surface area (Å²) < 4.78 is 42.5. The van der Waals surface area contributed by atoms with E-state index < -0.39 is 59.1 Å². The number of benzene rings is 2. The molecule has 3 atom stereocenters. The summed E-state index contributed by atoms with van der Waals surface area (Å²) >= 11 is 5.12. The number of aliphatic hydroxyl groups is 3. The molecule has 14 heteroatoms. The van der Waals surface area contributed by atoms with Gasteiger partial charge in [-0.1, -0.05) is 18.2 Å². The second-order valence-corrected chi connectivity index (χ2v) is 8.88. The van der Waals surface area contributed by atoms with Crippen LogP contribution in [0.4, 0.5) is 5.69 Å².